The fourth-order valence-corrected chi connectivity index (χ4v) is 3.15. The highest BCUT2D eigenvalue weighted by Gasteiger charge is 2.42. The second-order valence-corrected chi connectivity index (χ2v) is 5.88. The van der Waals surface area contributed by atoms with Crippen molar-refractivity contribution in [1.82, 2.24) is 14.8 Å². The van der Waals surface area contributed by atoms with Crippen molar-refractivity contribution in [3.05, 3.63) is 54.4 Å². The molecule has 3 N–H and O–H groups in total. The first-order valence-corrected chi connectivity index (χ1v) is 7.69. The molecule has 0 bridgehead atoms. The van der Waals surface area contributed by atoms with Crippen LogP contribution in [-0.2, 0) is 6.61 Å². The molecule has 1 aromatic carbocycles. The van der Waals surface area contributed by atoms with Crippen LogP contribution in [0.1, 0.15) is 18.0 Å². The number of fused-ring (bicyclic) bond motifs is 1. The summed E-state index contributed by atoms with van der Waals surface area (Å²) < 4.78 is 1.77. The smallest absolute Gasteiger partial charge is 0.132 e. The predicted molar refractivity (Wildman–Crippen MR) is 87.0 cm³/mol. The Kier molecular flexibility index (Phi) is 3.48. The topological polar surface area (TPSA) is 83.2 Å². The number of para-hydroxylation sites is 1. The molecule has 118 valence electrons. The van der Waals surface area contributed by atoms with Gasteiger partial charge in [-0.15, -0.1) is 0 Å². The van der Waals surface area contributed by atoms with E-state index in [4.69, 9.17) is 0 Å². The highest BCUT2D eigenvalue weighted by Crippen LogP contribution is 2.35. The van der Waals surface area contributed by atoms with Gasteiger partial charge >= 0.3 is 0 Å². The SMILES string of the molecule is OCc1cc2ccccc2nc1N[C@H]1C[C@@H](O)[C@@H]1n1cccn1. The molecule has 0 radical (unpaired) electrons. The van der Waals surface area contributed by atoms with Crippen LogP contribution in [0.5, 0.6) is 0 Å². The van der Waals surface area contributed by atoms with Crippen LogP contribution in [0.25, 0.3) is 10.9 Å². The normalized spacial score (nSPS) is 23.7. The number of aliphatic hydroxyl groups excluding tert-OH is 2. The molecular formula is C17H18N4O2. The van der Waals surface area contributed by atoms with Gasteiger partial charge in [0.25, 0.3) is 0 Å². The van der Waals surface area contributed by atoms with E-state index in [9.17, 15) is 10.2 Å². The van der Waals surface area contributed by atoms with Crippen LogP contribution < -0.4 is 5.32 Å². The lowest BCUT2D eigenvalue weighted by Crippen LogP contribution is -2.51. The van der Waals surface area contributed by atoms with Crippen molar-refractivity contribution in [3.8, 4) is 0 Å². The monoisotopic (exact) mass is 310 g/mol. The zero-order chi connectivity index (χ0) is 15.8. The van der Waals surface area contributed by atoms with E-state index >= 15 is 0 Å². The number of benzene rings is 1. The van der Waals surface area contributed by atoms with Gasteiger partial charge in [-0.2, -0.15) is 5.10 Å². The van der Waals surface area contributed by atoms with Crippen LogP contribution in [-0.4, -0.2) is 37.1 Å². The zero-order valence-electron chi connectivity index (χ0n) is 12.5. The van der Waals surface area contributed by atoms with Crippen molar-refractivity contribution >= 4 is 16.7 Å². The summed E-state index contributed by atoms with van der Waals surface area (Å²) in [4.78, 5) is 4.63. The quantitative estimate of drug-likeness (QED) is 0.683. The molecule has 1 aliphatic carbocycles. The van der Waals surface area contributed by atoms with Crippen molar-refractivity contribution in [1.29, 1.82) is 0 Å². The Labute approximate surface area is 133 Å². The lowest BCUT2D eigenvalue weighted by atomic mass is 9.83. The third kappa shape index (κ3) is 2.46. The van der Waals surface area contributed by atoms with Crippen molar-refractivity contribution in [2.24, 2.45) is 0 Å². The molecule has 2 aromatic heterocycles. The minimum atomic E-state index is -0.426. The van der Waals surface area contributed by atoms with E-state index in [1.54, 1.807) is 10.9 Å². The highest BCUT2D eigenvalue weighted by atomic mass is 16.3. The van der Waals surface area contributed by atoms with E-state index in [0.717, 1.165) is 16.5 Å². The first-order valence-electron chi connectivity index (χ1n) is 7.69. The van der Waals surface area contributed by atoms with Gasteiger partial charge in [-0.25, -0.2) is 4.98 Å². The molecule has 0 saturated heterocycles. The number of pyridine rings is 1. The lowest BCUT2D eigenvalue weighted by Gasteiger charge is -2.42. The fourth-order valence-electron chi connectivity index (χ4n) is 3.15. The minimum Gasteiger partial charge on any atom is -0.392 e. The van der Waals surface area contributed by atoms with Gasteiger partial charge < -0.3 is 15.5 Å². The van der Waals surface area contributed by atoms with Gasteiger partial charge in [-0.3, -0.25) is 4.68 Å². The Morgan fingerprint density at radius 2 is 2.13 bits per heavy atom. The Morgan fingerprint density at radius 3 is 2.87 bits per heavy atom. The average Bonchev–Trinajstić information content (AvgIpc) is 3.07. The van der Waals surface area contributed by atoms with Gasteiger partial charge in [0.15, 0.2) is 0 Å². The van der Waals surface area contributed by atoms with Crippen LogP contribution in [0.15, 0.2) is 48.8 Å². The van der Waals surface area contributed by atoms with Crippen molar-refractivity contribution in [2.75, 3.05) is 5.32 Å². The Hall–Kier alpha value is -2.44. The van der Waals surface area contributed by atoms with Gasteiger partial charge in [0, 0.05) is 23.3 Å². The number of rotatable bonds is 4. The summed E-state index contributed by atoms with van der Waals surface area (Å²) >= 11 is 0. The molecular weight excluding hydrogens is 292 g/mol. The molecule has 2 heterocycles. The van der Waals surface area contributed by atoms with E-state index in [1.807, 2.05) is 42.6 Å². The third-order valence-corrected chi connectivity index (χ3v) is 4.43. The van der Waals surface area contributed by atoms with Crippen LogP contribution in [0.4, 0.5) is 5.82 Å². The second-order valence-electron chi connectivity index (χ2n) is 5.88. The molecule has 23 heavy (non-hydrogen) atoms. The van der Waals surface area contributed by atoms with E-state index in [0.29, 0.717) is 12.2 Å². The Bertz CT molecular complexity index is 819. The molecule has 0 amide bonds. The zero-order valence-corrected chi connectivity index (χ0v) is 12.5. The van der Waals surface area contributed by atoms with Gasteiger partial charge in [0.2, 0.25) is 0 Å². The van der Waals surface area contributed by atoms with E-state index in [-0.39, 0.29) is 18.7 Å². The highest BCUT2D eigenvalue weighted by molar-refractivity contribution is 5.81. The largest absolute Gasteiger partial charge is 0.392 e. The summed E-state index contributed by atoms with van der Waals surface area (Å²) in [5.74, 6) is 0.667. The number of nitrogens with zero attached hydrogens (tertiary/aromatic N) is 3. The summed E-state index contributed by atoms with van der Waals surface area (Å²) in [7, 11) is 0. The summed E-state index contributed by atoms with van der Waals surface area (Å²) in [5, 5.41) is 28.3. The van der Waals surface area contributed by atoms with Crippen molar-refractivity contribution in [3.63, 3.8) is 0 Å². The fraction of sp³-hybridized carbons (Fsp3) is 0.294. The van der Waals surface area contributed by atoms with Gasteiger partial charge in [0.1, 0.15) is 5.82 Å². The van der Waals surface area contributed by atoms with Crippen LogP contribution in [0.3, 0.4) is 0 Å². The Morgan fingerprint density at radius 1 is 1.26 bits per heavy atom. The van der Waals surface area contributed by atoms with Gasteiger partial charge in [-0.05, 0) is 24.6 Å². The van der Waals surface area contributed by atoms with Gasteiger partial charge in [0.05, 0.1) is 30.3 Å². The van der Waals surface area contributed by atoms with Crippen LogP contribution in [0, 0.1) is 0 Å². The molecule has 1 fully saturated rings. The van der Waals surface area contributed by atoms with E-state index in [2.05, 4.69) is 15.4 Å². The van der Waals surface area contributed by atoms with Crippen LogP contribution in [0.2, 0.25) is 0 Å². The van der Waals surface area contributed by atoms with E-state index < -0.39 is 6.10 Å². The lowest BCUT2D eigenvalue weighted by molar-refractivity contribution is 0.0132. The standard InChI is InChI=1S/C17H18N4O2/c22-10-12-8-11-4-1-2-5-13(11)19-17(12)20-14-9-15(23)16(14)21-7-3-6-18-21/h1-8,14-16,22-23H,9-10H2,(H,19,20)/t14-,15+,16+/m0/s1. The van der Waals surface area contributed by atoms with Gasteiger partial charge in [-0.1, -0.05) is 18.2 Å². The molecule has 4 rings (SSSR count). The summed E-state index contributed by atoms with van der Waals surface area (Å²) in [5.41, 5.74) is 1.63. The number of aromatic nitrogens is 3. The number of nitrogens with one attached hydrogen (secondary N) is 1. The molecule has 1 saturated carbocycles. The molecule has 0 spiro atoms. The maximum atomic E-state index is 10.1. The van der Waals surface area contributed by atoms with Crippen molar-refractivity contribution in [2.45, 2.75) is 31.2 Å². The minimum absolute atomic E-state index is 0.0314. The molecule has 3 aromatic rings. The number of hydrogen-bond acceptors (Lipinski definition) is 5. The maximum absolute atomic E-state index is 10.1. The Balaban J connectivity index is 1.64. The molecule has 1 aliphatic rings. The molecule has 0 aliphatic heterocycles. The number of hydrogen-bond donors (Lipinski definition) is 3. The first-order chi connectivity index (χ1) is 11.3. The summed E-state index contributed by atoms with van der Waals surface area (Å²) in [6.45, 7) is -0.0815. The second kappa shape index (κ2) is 5.64. The first kappa shape index (κ1) is 14.2. The van der Waals surface area contributed by atoms with Crippen molar-refractivity contribution < 1.29 is 10.2 Å². The third-order valence-electron chi connectivity index (χ3n) is 4.43. The molecule has 0 unspecified atom stereocenters. The predicted octanol–water partition coefficient (Wildman–Crippen LogP) is 1.71. The molecule has 6 nitrogen and oxygen atoms in total. The maximum Gasteiger partial charge on any atom is 0.132 e. The number of aliphatic hydroxyl groups is 2. The number of anilines is 1. The molecule has 6 heteroatoms. The van der Waals surface area contributed by atoms with Crippen LogP contribution >= 0.6 is 0 Å². The molecule has 3 atom stereocenters. The summed E-state index contributed by atoms with van der Waals surface area (Å²) in [6.07, 6.45) is 3.76. The summed E-state index contributed by atoms with van der Waals surface area (Å²) in [6, 6.07) is 11.5. The average molecular weight is 310 g/mol. The van der Waals surface area contributed by atoms with E-state index in [1.165, 1.54) is 0 Å².